The summed E-state index contributed by atoms with van der Waals surface area (Å²) >= 11 is 14.2. The predicted molar refractivity (Wildman–Crippen MR) is 76.7 cm³/mol. The molecule has 0 aliphatic heterocycles. The molecule has 104 valence electrons. The van der Waals surface area contributed by atoms with Crippen molar-refractivity contribution in [2.75, 3.05) is 6.61 Å². The van der Waals surface area contributed by atoms with Crippen molar-refractivity contribution in [3.05, 3.63) is 42.9 Å². The summed E-state index contributed by atoms with van der Waals surface area (Å²) in [5, 5.41) is 20.9. The van der Waals surface area contributed by atoms with Gasteiger partial charge in [-0.1, -0.05) is 39.1 Å². The number of nitrogens with zero attached hydrogens (tertiary/aromatic N) is 1. The number of aliphatic hydroxyl groups excluding tert-OH is 1. The van der Waals surface area contributed by atoms with Crippen molar-refractivity contribution >= 4 is 44.8 Å². The number of nitro groups is 1. The van der Waals surface area contributed by atoms with Gasteiger partial charge in [0.2, 0.25) is 5.75 Å². The summed E-state index contributed by atoms with van der Waals surface area (Å²) in [5.74, 6) is -0.0279. The van der Waals surface area contributed by atoms with Crippen LogP contribution in [0.2, 0.25) is 0 Å². The maximum atomic E-state index is 11.0. The Morgan fingerprint density at radius 3 is 2.79 bits per heavy atom. The molecule has 0 saturated carbocycles. The Morgan fingerprint density at radius 2 is 2.32 bits per heavy atom. The molecule has 0 fully saturated rings. The molecule has 1 aromatic rings. The molecule has 0 radical (unpaired) electrons. The molecule has 0 saturated heterocycles. The van der Waals surface area contributed by atoms with Crippen molar-refractivity contribution in [2.24, 2.45) is 0 Å². The number of hydrogen-bond donors (Lipinski definition) is 1. The SMILES string of the molecule is C[C@H](O)c1cc(Br)cc([N+](=O)[O-])c1OC/C(Cl)=C/Cl. The van der Waals surface area contributed by atoms with E-state index in [1.807, 2.05) is 0 Å². The van der Waals surface area contributed by atoms with Crippen molar-refractivity contribution in [1.82, 2.24) is 0 Å². The van der Waals surface area contributed by atoms with Crippen LogP contribution in [0, 0.1) is 10.1 Å². The van der Waals surface area contributed by atoms with Gasteiger partial charge in [-0.3, -0.25) is 10.1 Å². The van der Waals surface area contributed by atoms with Crippen LogP contribution in [0.1, 0.15) is 18.6 Å². The fraction of sp³-hybridized carbons (Fsp3) is 0.273. The van der Waals surface area contributed by atoms with Gasteiger partial charge in [0.1, 0.15) is 6.61 Å². The van der Waals surface area contributed by atoms with E-state index in [9.17, 15) is 15.2 Å². The smallest absolute Gasteiger partial charge is 0.312 e. The monoisotopic (exact) mass is 369 g/mol. The molecule has 0 spiro atoms. The molecule has 8 heteroatoms. The van der Waals surface area contributed by atoms with Crippen LogP contribution in [0.3, 0.4) is 0 Å². The average Bonchev–Trinajstić information content (AvgIpc) is 2.35. The first-order chi connectivity index (χ1) is 8.86. The van der Waals surface area contributed by atoms with E-state index in [4.69, 9.17) is 27.9 Å². The lowest BCUT2D eigenvalue weighted by Crippen LogP contribution is -2.05. The summed E-state index contributed by atoms with van der Waals surface area (Å²) in [7, 11) is 0. The van der Waals surface area contributed by atoms with Gasteiger partial charge in [0.25, 0.3) is 0 Å². The van der Waals surface area contributed by atoms with Gasteiger partial charge in [-0.25, -0.2) is 0 Å². The number of halogens is 3. The van der Waals surface area contributed by atoms with Gasteiger partial charge in [-0.05, 0) is 13.0 Å². The Morgan fingerprint density at radius 1 is 1.68 bits per heavy atom. The van der Waals surface area contributed by atoms with E-state index in [2.05, 4.69) is 15.9 Å². The minimum Gasteiger partial charge on any atom is -0.481 e. The topological polar surface area (TPSA) is 72.6 Å². The molecule has 1 aromatic carbocycles. The standard InChI is InChI=1S/C11H10BrCl2NO4/c1-6(16)9-2-7(12)3-10(15(17)18)11(9)19-5-8(14)4-13/h2-4,6,16H,5H2,1H3/b8-4-/t6-/m0/s1. The summed E-state index contributed by atoms with van der Waals surface area (Å²) < 4.78 is 5.76. The first kappa shape index (κ1) is 16.2. The fourth-order valence-corrected chi connectivity index (χ4v) is 1.96. The molecule has 0 amide bonds. The number of benzene rings is 1. The second-order valence-corrected chi connectivity index (χ2v) is 5.24. The van der Waals surface area contributed by atoms with E-state index in [0.29, 0.717) is 10.0 Å². The van der Waals surface area contributed by atoms with Crippen molar-refractivity contribution in [3.63, 3.8) is 0 Å². The second-order valence-electron chi connectivity index (χ2n) is 3.62. The average molecular weight is 371 g/mol. The van der Waals surface area contributed by atoms with Crippen LogP contribution in [0.4, 0.5) is 5.69 Å². The maximum absolute atomic E-state index is 11.0. The number of nitro benzene ring substituents is 1. The first-order valence-corrected chi connectivity index (χ1v) is 6.71. The van der Waals surface area contributed by atoms with Gasteiger partial charge in [0.15, 0.2) is 0 Å². The number of aliphatic hydroxyl groups is 1. The highest BCUT2D eigenvalue weighted by molar-refractivity contribution is 9.10. The molecule has 0 unspecified atom stereocenters. The van der Waals surface area contributed by atoms with Crippen LogP contribution in [0.15, 0.2) is 27.2 Å². The van der Waals surface area contributed by atoms with Crippen LogP contribution in [0.25, 0.3) is 0 Å². The van der Waals surface area contributed by atoms with Gasteiger partial charge < -0.3 is 9.84 Å². The van der Waals surface area contributed by atoms with Crippen LogP contribution >= 0.6 is 39.1 Å². The lowest BCUT2D eigenvalue weighted by atomic mass is 10.1. The van der Waals surface area contributed by atoms with E-state index < -0.39 is 11.0 Å². The van der Waals surface area contributed by atoms with Crippen molar-refractivity contribution in [3.8, 4) is 5.75 Å². The first-order valence-electron chi connectivity index (χ1n) is 5.10. The van der Waals surface area contributed by atoms with E-state index in [1.54, 1.807) is 6.07 Å². The Labute approximate surface area is 128 Å². The molecule has 0 heterocycles. The Bertz CT molecular complexity index is 520. The summed E-state index contributed by atoms with van der Waals surface area (Å²) in [4.78, 5) is 10.4. The summed E-state index contributed by atoms with van der Waals surface area (Å²) in [6, 6.07) is 2.84. The lowest BCUT2D eigenvalue weighted by Gasteiger charge is -2.14. The molecule has 0 aliphatic rings. The zero-order valence-electron chi connectivity index (χ0n) is 9.77. The highest BCUT2D eigenvalue weighted by Gasteiger charge is 2.23. The van der Waals surface area contributed by atoms with Crippen LogP contribution in [0.5, 0.6) is 5.75 Å². The number of ether oxygens (including phenoxy) is 1. The minimum atomic E-state index is -0.926. The minimum absolute atomic E-state index is 0.0279. The predicted octanol–water partition coefficient (Wildman–Crippen LogP) is 4.11. The third kappa shape index (κ3) is 4.35. The van der Waals surface area contributed by atoms with Gasteiger partial charge in [0, 0.05) is 21.6 Å². The second kappa shape index (κ2) is 7.09. The third-order valence-electron chi connectivity index (χ3n) is 2.18. The van der Waals surface area contributed by atoms with E-state index in [1.165, 1.54) is 13.0 Å². The van der Waals surface area contributed by atoms with Crippen LogP contribution in [-0.2, 0) is 0 Å². The van der Waals surface area contributed by atoms with Gasteiger partial charge in [-0.15, -0.1) is 0 Å². The van der Waals surface area contributed by atoms with Gasteiger partial charge in [-0.2, -0.15) is 0 Å². The van der Waals surface area contributed by atoms with E-state index >= 15 is 0 Å². The lowest BCUT2D eigenvalue weighted by molar-refractivity contribution is -0.386. The highest BCUT2D eigenvalue weighted by Crippen LogP contribution is 2.38. The van der Waals surface area contributed by atoms with Crippen LogP contribution < -0.4 is 4.74 Å². The van der Waals surface area contributed by atoms with Crippen molar-refractivity contribution in [2.45, 2.75) is 13.0 Å². The molecule has 0 aromatic heterocycles. The quantitative estimate of drug-likeness (QED) is 0.625. The Balaban J connectivity index is 3.27. The zero-order valence-corrected chi connectivity index (χ0v) is 12.9. The number of rotatable bonds is 5. The molecule has 1 atom stereocenters. The molecular weight excluding hydrogens is 361 g/mol. The molecule has 5 nitrogen and oxygen atoms in total. The highest BCUT2D eigenvalue weighted by atomic mass is 79.9. The van der Waals surface area contributed by atoms with Gasteiger partial charge in [0.05, 0.1) is 16.1 Å². The number of hydrogen-bond acceptors (Lipinski definition) is 4. The zero-order chi connectivity index (χ0) is 14.6. The summed E-state index contributed by atoms with van der Waals surface area (Å²) in [6.07, 6.45) is -0.926. The van der Waals surface area contributed by atoms with Gasteiger partial charge >= 0.3 is 5.69 Å². The maximum Gasteiger partial charge on any atom is 0.312 e. The molecule has 1 rings (SSSR count). The molecule has 0 aliphatic carbocycles. The molecule has 0 bridgehead atoms. The molecule has 19 heavy (non-hydrogen) atoms. The molecule has 1 N–H and O–H groups in total. The Kier molecular flexibility index (Phi) is 6.06. The van der Waals surface area contributed by atoms with Crippen LogP contribution in [-0.4, -0.2) is 16.6 Å². The third-order valence-corrected chi connectivity index (χ3v) is 3.23. The van der Waals surface area contributed by atoms with Crippen molar-refractivity contribution < 1.29 is 14.8 Å². The summed E-state index contributed by atoms with van der Waals surface area (Å²) in [6.45, 7) is 1.37. The summed E-state index contributed by atoms with van der Waals surface area (Å²) in [5.41, 5.74) is 1.14. The van der Waals surface area contributed by atoms with Crippen molar-refractivity contribution in [1.29, 1.82) is 0 Å². The Hall–Kier alpha value is -0.820. The fourth-order valence-electron chi connectivity index (χ4n) is 1.38. The van der Waals surface area contributed by atoms with E-state index in [-0.39, 0.29) is 23.1 Å². The molecular formula is C11H10BrCl2NO4. The normalized spacial score (nSPS) is 13.2. The van der Waals surface area contributed by atoms with E-state index in [0.717, 1.165) is 5.54 Å². The largest absolute Gasteiger partial charge is 0.481 e.